The fourth-order valence-electron chi connectivity index (χ4n) is 3.29. The maximum atomic E-state index is 5.84. The van der Waals surface area contributed by atoms with Gasteiger partial charge in [-0.25, -0.2) is 4.98 Å². The van der Waals surface area contributed by atoms with Gasteiger partial charge in [-0.3, -0.25) is 0 Å². The molecular weight excluding hydrogens is 368 g/mol. The molecule has 1 atom stereocenters. The molecule has 3 aromatic rings. The Hall–Kier alpha value is -2.37. The van der Waals surface area contributed by atoms with Crippen LogP contribution in [0, 0.1) is 12.8 Å². The molecule has 4 rings (SSSR count). The Kier molecular flexibility index (Phi) is 5.93. The molecule has 0 aliphatic heterocycles. The predicted molar refractivity (Wildman–Crippen MR) is 113 cm³/mol. The van der Waals surface area contributed by atoms with Crippen LogP contribution in [0.1, 0.15) is 40.7 Å². The molecule has 2 aromatic carbocycles. The number of hydrogen-bond donors (Lipinski definition) is 1. The lowest BCUT2D eigenvalue weighted by molar-refractivity contribution is 0.305. The largest absolute Gasteiger partial charge is 0.497 e. The molecule has 1 aromatic heterocycles. The summed E-state index contributed by atoms with van der Waals surface area (Å²) in [5.41, 5.74) is 3.63. The van der Waals surface area contributed by atoms with Gasteiger partial charge in [0.2, 0.25) is 0 Å². The van der Waals surface area contributed by atoms with Crippen molar-refractivity contribution in [3.05, 3.63) is 75.7 Å². The average molecular weight is 395 g/mol. The Balaban J connectivity index is 1.32. The zero-order valence-corrected chi connectivity index (χ0v) is 17.2. The van der Waals surface area contributed by atoms with Gasteiger partial charge in [0.05, 0.1) is 12.8 Å². The van der Waals surface area contributed by atoms with Gasteiger partial charge in [0.25, 0.3) is 0 Å². The summed E-state index contributed by atoms with van der Waals surface area (Å²) in [7, 11) is 1.70. The van der Waals surface area contributed by atoms with E-state index in [0.717, 1.165) is 34.7 Å². The summed E-state index contributed by atoms with van der Waals surface area (Å²) in [6.45, 7) is 3.36. The van der Waals surface area contributed by atoms with Gasteiger partial charge in [-0.15, -0.1) is 11.3 Å². The van der Waals surface area contributed by atoms with Crippen LogP contribution in [0.3, 0.4) is 0 Å². The van der Waals surface area contributed by atoms with Gasteiger partial charge in [-0.1, -0.05) is 29.8 Å². The van der Waals surface area contributed by atoms with Gasteiger partial charge in [-0.2, -0.15) is 0 Å². The number of nitrogens with zero attached hydrogens (tertiary/aromatic N) is 1. The van der Waals surface area contributed by atoms with E-state index in [2.05, 4.69) is 41.9 Å². The third-order valence-electron chi connectivity index (χ3n) is 5.05. The van der Waals surface area contributed by atoms with Crippen LogP contribution in [0.15, 0.2) is 53.9 Å². The highest BCUT2D eigenvalue weighted by Crippen LogP contribution is 2.41. The first kappa shape index (κ1) is 19.0. The van der Waals surface area contributed by atoms with Gasteiger partial charge in [-0.05, 0) is 55.5 Å². The van der Waals surface area contributed by atoms with E-state index in [9.17, 15) is 0 Å². The first-order valence-corrected chi connectivity index (χ1v) is 10.6. The molecule has 1 saturated carbocycles. The lowest BCUT2D eigenvalue weighted by Gasteiger charge is -2.18. The molecule has 1 aliphatic carbocycles. The summed E-state index contributed by atoms with van der Waals surface area (Å²) in [6, 6.07) is 16.9. The highest BCUT2D eigenvalue weighted by atomic mass is 32.1. The first-order valence-electron chi connectivity index (χ1n) is 9.71. The van der Waals surface area contributed by atoms with Crippen molar-refractivity contribution >= 4 is 11.3 Å². The second kappa shape index (κ2) is 8.76. The molecule has 4 nitrogen and oxygen atoms in total. The number of benzene rings is 2. The maximum absolute atomic E-state index is 5.84. The van der Waals surface area contributed by atoms with Crippen molar-refractivity contribution in [1.82, 2.24) is 10.3 Å². The predicted octanol–water partition coefficient (Wildman–Crippen LogP) is 5.28. The van der Waals surface area contributed by atoms with E-state index < -0.39 is 0 Å². The van der Waals surface area contributed by atoms with Crippen LogP contribution in [0.5, 0.6) is 11.5 Å². The van der Waals surface area contributed by atoms with Crippen LogP contribution in [0.25, 0.3) is 0 Å². The quantitative estimate of drug-likeness (QED) is 0.536. The first-order chi connectivity index (χ1) is 13.7. The average Bonchev–Trinajstić information content (AvgIpc) is 3.46. The Morgan fingerprint density at radius 3 is 2.46 bits per heavy atom. The molecule has 0 spiro atoms. The molecule has 1 N–H and O–H groups in total. The van der Waals surface area contributed by atoms with Gasteiger partial charge in [0, 0.05) is 18.0 Å². The smallest absolute Gasteiger partial charge is 0.140 e. The van der Waals surface area contributed by atoms with Gasteiger partial charge in [0.1, 0.15) is 23.1 Å². The lowest BCUT2D eigenvalue weighted by atomic mass is 10.0. The summed E-state index contributed by atoms with van der Waals surface area (Å²) in [6.07, 6.45) is 2.58. The Morgan fingerprint density at radius 1 is 1.07 bits per heavy atom. The molecule has 0 radical (unpaired) electrons. The summed E-state index contributed by atoms with van der Waals surface area (Å²) >= 11 is 1.66. The Bertz CT molecular complexity index is 886. The number of methoxy groups -OCH3 is 1. The zero-order valence-electron chi connectivity index (χ0n) is 16.4. The molecule has 5 heteroatoms. The summed E-state index contributed by atoms with van der Waals surface area (Å²) in [5.74, 6) is 2.50. The molecule has 0 bridgehead atoms. The number of nitrogens with one attached hydrogen (secondary N) is 1. The number of aryl methyl sites for hydroxylation is 1. The summed E-state index contributed by atoms with van der Waals surface area (Å²) in [4.78, 5) is 4.73. The van der Waals surface area contributed by atoms with E-state index in [0.29, 0.717) is 12.6 Å². The Labute approximate surface area is 170 Å². The fraction of sp³-hybridized carbons (Fsp3) is 0.348. The normalized spacial score (nSPS) is 14.6. The van der Waals surface area contributed by atoms with Crippen LogP contribution < -0.4 is 14.8 Å². The number of rotatable bonds is 9. The number of aromatic nitrogens is 1. The molecule has 1 aliphatic rings. The summed E-state index contributed by atoms with van der Waals surface area (Å²) in [5, 5.41) is 6.84. The molecular formula is C23H26N2O2S. The van der Waals surface area contributed by atoms with Crippen molar-refractivity contribution < 1.29 is 9.47 Å². The minimum absolute atomic E-state index is 0.375. The SMILES string of the molecule is COc1ccc(C(NCc2csc(COc3ccc(C)cc3)n2)C2CC2)cc1. The van der Waals surface area contributed by atoms with Crippen molar-refractivity contribution in [2.75, 3.05) is 7.11 Å². The van der Waals surface area contributed by atoms with Crippen molar-refractivity contribution in [3.8, 4) is 11.5 Å². The van der Waals surface area contributed by atoms with Crippen molar-refractivity contribution in [2.24, 2.45) is 5.92 Å². The fourth-order valence-corrected chi connectivity index (χ4v) is 3.99. The molecule has 0 saturated heterocycles. The maximum Gasteiger partial charge on any atom is 0.140 e. The Morgan fingerprint density at radius 2 is 1.79 bits per heavy atom. The lowest BCUT2D eigenvalue weighted by Crippen LogP contribution is -2.22. The topological polar surface area (TPSA) is 43.4 Å². The standard InChI is InChI=1S/C23H26N2O2S/c1-16-3-9-21(10-4-16)27-14-22-25-19(15-28-22)13-24-23(17-5-6-17)18-7-11-20(26-2)12-8-18/h3-4,7-12,15,17,23-24H,5-6,13-14H2,1-2H3. The highest BCUT2D eigenvalue weighted by Gasteiger charge is 2.32. The minimum atomic E-state index is 0.375. The molecule has 146 valence electrons. The highest BCUT2D eigenvalue weighted by molar-refractivity contribution is 7.09. The number of hydrogen-bond acceptors (Lipinski definition) is 5. The third-order valence-corrected chi connectivity index (χ3v) is 5.93. The van der Waals surface area contributed by atoms with E-state index >= 15 is 0 Å². The van der Waals surface area contributed by atoms with E-state index in [1.807, 2.05) is 24.3 Å². The second-order valence-corrected chi connectivity index (χ2v) is 8.25. The molecule has 28 heavy (non-hydrogen) atoms. The number of ether oxygens (including phenoxy) is 2. The van der Waals surface area contributed by atoms with E-state index in [4.69, 9.17) is 14.5 Å². The zero-order chi connectivity index (χ0) is 19.3. The van der Waals surface area contributed by atoms with Crippen LogP contribution in [0.4, 0.5) is 0 Å². The second-order valence-electron chi connectivity index (χ2n) is 7.30. The van der Waals surface area contributed by atoms with Gasteiger partial charge in [0.15, 0.2) is 0 Å². The van der Waals surface area contributed by atoms with Gasteiger partial charge >= 0.3 is 0 Å². The molecule has 1 fully saturated rings. The van der Waals surface area contributed by atoms with Crippen LogP contribution in [-0.2, 0) is 13.2 Å². The van der Waals surface area contributed by atoms with Crippen molar-refractivity contribution in [3.63, 3.8) is 0 Å². The molecule has 1 unspecified atom stereocenters. The summed E-state index contributed by atoms with van der Waals surface area (Å²) < 4.78 is 11.1. The van der Waals surface area contributed by atoms with E-state index in [-0.39, 0.29) is 0 Å². The van der Waals surface area contributed by atoms with Crippen LogP contribution >= 0.6 is 11.3 Å². The monoisotopic (exact) mass is 394 g/mol. The molecule has 0 amide bonds. The van der Waals surface area contributed by atoms with Crippen molar-refractivity contribution in [1.29, 1.82) is 0 Å². The third kappa shape index (κ3) is 4.91. The van der Waals surface area contributed by atoms with Crippen LogP contribution in [-0.4, -0.2) is 12.1 Å². The minimum Gasteiger partial charge on any atom is -0.497 e. The molecule has 1 heterocycles. The van der Waals surface area contributed by atoms with Gasteiger partial charge < -0.3 is 14.8 Å². The van der Waals surface area contributed by atoms with Crippen LogP contribution in [0.2, 0.25) is 0 Å². The number of thiazole rings is 1. The van der Waals surface area contributed by atoms with E-state index in [1.54, 1.807) is 18.4 Å². The van der Waals surface area contributed by atoms with E-state index in [1.165, 1.54) is 24.0 Å². The van der Waals surface area contributed by atoms with Crippen molar-refractivity contribution in [2.45, 2.75) is 39.0 Å².